The summed E-state index contributed by atoms with van der Waals surface area (Å²) in [4.78, 5) is 36.1. The van der Waals surface area contributed by atoms with Crippen molar-refractivity contribution in [1.82, 2.24) is 0 Å². The largest absolute Gasteiger partial charge is 0.465 e. The number of carbonyl (C=O) groups excluding carboxylic acids is 3. The van der Waals surface area contributed by atoms with Gasteiger partial charge >= 0.3 is 17.9 Å². The standard InChI is InChI=1S/C36H56O6/c1-22(37)40-21-36(9)29-20-34(7)18-25-10-13-28-32(4,5)30(41-23(2)38)15-17-35(28,8)27(25)12-11-26(34)19-33(29,6)16-14-31(36)42-24(3)39/h10,26-31H,11-21H2,1-9H3/t26-,27+,28+,29+,30+,31+,33-,34-,35-,36-/m1/s1. The summed E-state index contributed by atoms with van der Waals surface area (Å²) >= 11 is 0. The van der Waals surface area contributed by atoms with Crippen LogP contribution in [0.25, 0.3) is 0 Å². The van der Waals surface area contributed by atoms with E-state index in [4.69, 9.17) is 14.2 Å². The summed E-state index contributed by atoms with van der Waals surface area (Å²) in [6.45, 7) is 19.2. The maximum Gasteiger partial charge on any atom is 0.302 e. The zero-order valence-corrected chi connectivity index (χ0v) is 27.8. The lowest BCUT2D eigenvalue weighted by molar-refractivity contribution is -0.201. The molecule has 0 saturated heterocycles. The van der Waals surface area contributed by atoms with Crippen molar-refractivity contribution in [2.75, 3.05) is 6.61 Å². The van der Waals surface area contributed by atoms with Gasteiger partial charge in [0.25, 0.3) is 0 Å². The second kappa shape index (κ2) is 10.6. The minimum atomic E-state index is -0.416. The molecule has 0 radical (unpaired) electrons. The molecule has 0 heterocycles. The van der Waals surface area contributed by atoms with E-state index in [9.17, 15) is 14.4 Å². The highest BCUT2D eigenvalue weighted by atomic mass is 16.6. The molecule has 0 aromatic heterocycles. The molecule has 42 heavy (non-hydrogen) atoms. The number of rotatable bonds is 4. The van der Waals surface area contributed by atoms with Gasteiger partial charge in [-0.25, -0.2) is 0 Å². The summed E-state index contributed by atoms with van der Waals surface area (Å²) in [7, 11) is 0. The van der Waals surface area contributed by atoms with Gasteiger partial charge in [0.05, 0.1) is 0 Å². The molecule has 6 heteroatoms. The second-order valence-electron chi connectivity index (χ2n) is 16.7. The molecule has 0 bridgehead atoms. The topological polar surface area (TPSA) is 78.9 Å². The maximum absolute atomic E-state index is 12.2. The van der Waals surface area contributed by atoms with Crippen molar-refractivity contribution in [3.05, 3.63) is 11.6 Å². The normalized spacial score (nSPS) is 45.9. The van der Waals surface area contributed by atoms with Gasteiger partial charge in [0.1, 0.15) is 18.8 Å². The first-order valence-corrected chi connectivity index (χ1v) is 16.6. The molecule has 236 valence electrons. The van der Waals surface area contributed by atoms with Crippen LogP contribution in [0.3, 0.4) is 0 Å². The average molecular weight is 585 g/mol. The van der Waals surface area contributed by atoms with Crippen molar-refractivity contribution in [3.8, 4) is 0 Å². The second-order valence-corrected chi connectivity index (χ2v) is 16.7. The van der Waals surface area contributed by atoms with Crippen LogP contribution < -0.4 is 0 Å². The fourth-order valence-corrected chi connectivity index (χ4v) is 11.5. The summed E-state index contributed by atoms with van der Waals surface area (Å²) < 4.78 is 17.6. The third-order valence-corrected chi connectivity index (χ3v) is 13.7. The van der Waals surface area contributed by atoms with Crippen molar-refractivity contribution in [2.45, 2.75) is 139 Å². The van der Waals surface area contributed by atoms with Crippen LogP contribution in [0.1, 0.15) is 127 Å². The Morgan fingerprint density at radius 3 is 2.05 bits per heavy atom. The zero-order valence-electron chi connectivity index (χ0n) is 27.8. The molecule has 5 rings (SSSR count). The summed E-state index contributed by atoms with van der Waals surface area (Å²) in [6, 6.07) is 0. The van der Waals surface area contributed by atoms with Crippen molar-refractivity contribution < 1.29 is 28.6 Å². The van der Waals surface area contributed by atoms with Crippen LogP contribution >= 0.6 is 0 Å². The lowest BCUT2D eigenvalue weighted by atomic mass is 9.43. The third kappa shape index (κ3) is 5.15. The van der Waals surface area contributed by atoms with Crippen LogP contribution in [0.4, 0.5) is 0 Å². The Morgan fingerprint density at radius 2 is 1.40 bits per heavy atom. The minimum Gasteiger partial charge on any atom is -0.465 e. The Morgan fingerprint density at radius 1 is 0.762 bits per heavy atom. The van der Waals surface area contributed by atoms with Crippen molar-refractivity contribution in [1.29, 1.82) is 0 Å². The first-order chi connectivity index (χ1) is 19.4. The van der Waals surface area contributed by atoms with Gasteiger partial charge in [-0.3, -0.25) is 14.4 Å². The molecule has 0 aromatic rings. The fourth-order valence-electron chi connectivity index (χ4n) is 11.5. The van der Waals surface area contributed by atoms with Crippen LogP contribution in [0.2, 0.25) is 0 Å². The Labute approximate surface area is 254 Å². The van der Waals surface area contributed by atoms with E-state index in [1.807, 2.05) is 0 Å². The molecule has 4 saturated carbocycles. The lowest BCUT2D eigenvalue weighted by Gasteiger charge is -2.62. The summed E-state index contributed by atoms with van der Waals surface area (Å²) in [6.07, 6.45) is 13.1. The Hall–Kier alpha value is -1.85. The van der Waals surface area contributed by atoms with E-state index in [2.05, 4.69) is 47.6 Å². The van der Waals surface area contributed by atoms with Gasteiger partial charge in [0.15, 0.2) is 0 Å². The van der Waals surface area contributed by atoms with Crippen LogP contribution in [0, 0.1) is 50.7 Å². The van der Waals surface area contributed by atoms with E-state index < -0.39 is 5.41 Å². The number of fused-ring (bicyclic) bond motifs is 5. The van der Waals surface area contributed by atoms with E-state index in [-0.39, 0.29) is 51.8 Å². The lowest BCUT2D eigenvalue weighted by Crippen LogP contribution is -2.59. The highest BCUT2D eigenvalue weighted by Gasteiger charge is 2.63. The Kier molecular flexibility index (Phi) is 8.00. The summed E-state index contributed by atoms with van der Waals surface area (Å²) in [5.41, 5.74) is 1.65. The third-order valence-electron chi connectivity index (χ3n) is 13.7. The van der Waals surface area contributed by atoms with Crippen LogP contribution in [-0.2, 0) is 28.6 Å². The number of allylic oxidation sites excluding steroid dienone is 2. The van der Waals surface area contributed by atoms with Gasteiger partial charge in [-0.1, -0.05) is 53.2 Å². The van der Waals surface area contributed by atoms with E-state index >= 15 is 0 Å². The zero-order chi connectivity index (χ0) is 30.9. The van der Waals surface area contributed by atoms with E-state index in [1.54, 1.807) is 12.5 Å². The molecule has 5 aliphatic carbocycles. The first kappa shape index (κ1) is 31.6. The average Bonchev–Trinajstić information content (AvgIpc) is 3.01. The molecule has 0 amide bonds. The Bertz CT molecular complexity index is 1140. The number of esters is 3. The maximum atomic E-state index is 12.2. The molecule has 0 unspecified atom stereocenters. The Balaban J connectivity index is 1.46. The minimum absolute atomic E-state index is 0.0166. The van der Waals surface area contributed by atoms with Crippen LogP contribution in [0.5, 0.6) is 0 Å². The molecule has 0 N–H and O–H groups in total. The van der Waals surface area contributed by atoms with Crippen LogP contribution in [0.15, 0.2) is 11.6 Å². The molecular formula is C36H56O6. The van der Waals surface area contributed by atoms with Gasteiger partial charge in [-0.2, -0.15) is 0 Å². The van der Waals surface area contributed by atoms with Crippen LogP contribution in [-0.4, -0.2) is 36.7 Å². The van der Waals surface area contributed by atoms with Gasteiger partial charge < -0.3 is 14.2 Å². The highest BCUT2D eigenvalue weighted by molar-refractivity contribution is 5.67. The molecule has 6 nitrogen and oxygen atoms in total. The highest BCUT2D eigenvalue weighted by Crippen LogP contribution is 2.69. The van der Waals surface area contributed by atoms with E-state index in [0.717, 1.165) is 44.9 Å². The smallest absolute Gasteiger partial charge is 0.302 e. The summed E-state index contributed by atoms with van der Waals surface area (Å²) in [5, 5.41) is 0. The molecule has 0 spiro atoms. The predicted octanol–water partition coefficient (Wildman–Crippen LogP) is 7.82. The van der Waals surface area contributed by atoms with Crippen molar-refractivity contribution >= 4 is 17.9 Å². The van der Waals surface area contributed by atoms with E-state index in [1.165, 1.54) is 33.1 Å². The summed E-state index contributed by atoms with van der Waals surface area (Å²) in [5.74, 6) is 1.29. The number of carbonyl (C=O) groups is 3. The molecule has 0 aromatic carbocycles. The van der Waals surface area contributed by atoms with E-state index in [0.29, 0.717) is 30.3 Å². The molecule has 4 fully saturated rings. The number of hydrogen-bond donors (Lipinski definition) is 0. The van der Waals surface area contributed by atoms with Gasteiger partial charge in [-0.05, 0) is 104 Å². The van der Waals surface area contributed by atoms with Gasteiger partial charge in [-0.15, -0.1) is 0 Å². The van der Waals surface area contributed by atoms with Gasteiger partial charge in [0, 0.05) is 31.6 Å². The first-order valence-electron chi connectivity index (χ1n) is 16.6. The molecule has 5 aliphatic rings. The number of hydrogen-bond acceptors (Lipinski definition) is 6. The predicted molar refractivity (Wildman–Crippen MR) is 162 cm³/mol. The molecular weight excluding hydrogens is 528 g/mol. The monoisotopic (exact) mass is 584 g/mol. The van der Waals surface area contributed by atoms with Crippen molar-refractivity contribution in [3.63, 3.8) is 0 Å². The molecule has 0 aliphatic heterocycles. The molecule has 10 atom stereocenters. The SMILES string of the molecule is CC(=O)OC[C@@]1(C)[C@@H](OC(C)=O)CC[C@]2(C)C[C@H]3CC[C@H]4C(=CC[C@H]5C(C)(C)[C@@H](OC(C)=O)CC[C@]45C)C[C@]3(C)C[C@@H]21. The number of ether oxygens (including phenoxy) is 3. The fraction of sp³-hybridized carbons (Fsp3) is 0.861. The van der Waals surface area contributed by atoms with Crippen molar-refractivity contribution in [2.24, 2.45) is 50.7 Å². The quantitative estimate of drug-likeness (QED) is 0.190. The van der Waals surface area contributed by atoms with Gasteiger partial charge in [0.2, 0.25) is 0 Å².